The number of halogens is 1. The van der Waals surface area contributed by atoms with Crippen LogP contribution in [-0.4, -0.2) is 29.6 Å². The van der Waals surface area contributed by atoms with Gasteiger partial charge < -0.3 is 15.7 Å². The van der Waals surface area contributed by atoms with Gasteiger partial charge in [-0.1, -0.05) is 17.7 Å². The number of rotatable bonds is 3. The predicted molar refractivity (Wildman–Crippen MR) is 74.2 cm³/mol. The second-order valence-corrected chi connectivity index (χ2v) is 4.86. The van der Waals surface area contributed by atoms with Crippen LogP contribution in [0.5, 0.6) is 0 Å². The zero-order chi connectivity index (χ0) is 14.6. The lowest BCUT2D eigenvalue weighted by Crippen LogP contribution is -2.39. The molecule has 1 rings (SSSR count). The van der Waals surface area contributed by atoms with Crippen LogP contribution in [0.2, 0.25) is 5.02 Å². The molecule has 0 aliphatic rings. The number of hydrogen-bond donors (Lipinski definition) is 3. The number of aliphatic hydroxyl groups is 1. The van der Waals surface area contributed by atoms with E-state index in [1.54, 1.807) is 13.0 Å². The van der Waals surface area contributed by atoms with E-state index in [1.807, 2.05) is 13.0 Å². The molecule has 0 aliphatic heterocycles. The van der Waals surface area contributed by atoms with Crippen molar-refractivity contribution in [2.45, 2.75) is 26.9 Å². The molecule has 1 unspecified atom stereocenters. The fraction of sp³-hybridized carbons (Fsp3) is 0.385. The third-order valence-electron chi connectivity index (χ3n) is 2.43. The van der Waals surface area contributed by atoms with Crippen molar-refractivity contribution < 1.29 is 14.7 Å². The molecule has 0 spiro atoms. The van der Waals surface area contributed by atoms with Crippen LogP contribution in [-0.2, 0) is 9.59 Å². The van der Waals surface area contributed by atoms with Crippen LogP contribution in [0.3, 0.4) is 0 Å². The Kier molecular flexibility index (Phi) is 5.32. The summed E-state index contributed by atoms with van der Waals surface area (Å²) in [4.78, 5) is 23.1. The number of amides is 2. The van der Waals surface area contributed by atoms with Crippen molar-refractivity contribution >= 4 is 29.1 Å². The predicted octanol–water partition coefficient (Wildman–Crippen LogP) is 1.39. The topological polar surface area (TPSA) is 78.4 Å². The molecule has 0 aliphatic carbocycles. The number of benzene rings is 1. The number of aliphatic hydroxyl groups excluding tert-OH is 1. The molecule has 0 aromatic heterocycles. The Balaban J connectivity index is 2.75. The van der Waals surface area contributed by atoms with E-state index in [1.165, 1.54) is 6.92 Å². The third-order valence-corrected chi connectivity index (χ3v) is 2.73. The molecule has 5 nitrogen and oxygen atoms in total. The molecule has 1 atom stereocenters. The second kappa shape index (κ2) is 6.54. The molecule has 1 aromatic carbocycles. The van der Waals surface area contributed by atoms with Crippen molar-refractivity contribution in [3.63, 3.8) is 0 Å². The Labute approximate surface area is 117 Å². The molecule has 0 bridgehead atoms. The first-order valence-corrected chi connectivity index (χ1v) is 6.23. The van der Waals surface area contributed by atoms with Gasteiger partial charge in [0.25, 0.3) is 0 Å². The zero-order valence-electron chi connectivity index (χ0n) is 11.1. The summed E-state index contributed by atoms with van der Waals surface area (Å²) in [5.74, 6) is -1.62. The van der Waals surface area contributed by atoms with Crippen molar-refractivity contribution in [2.75, 3.05) is 11.9 Å². The van der Waals surface area contributed by atoms with Crippen molar-refractivity contribution in [2.24, 2.45) is 0 Å². The van der Waals surface area contributed by atoms with Crippen LogP contribution in [0.15, 0.2) is 12.1 Å². The molecule has 104 valence electrons. The maximum absolute atomic E-state index is 11.7. The Morgan fingerprint density at radius 2 is 1.95 bits per heavy atom. The minimum Gasteiger partial charge on any atom is -0.392 e. The monoisotopic (exact) mass is 284 g/mol. The van der Waals surface area contributed by atoms with Crippen LogP contribution in [0.25, 0.3) is 0 Å². The van der Waals surface area contributed by atoms with Crippen LogP contribution in [0, 0.1) is 13.8 Å². The van der Waals surface area contributed by atoms with Crippen molar-refractivity contribution in [1.82, 2.24) is 5.32 Å². The second-order valence-electron chi connectivity index (χ2n) is 4.45. The van der Waals surface area contributed by atoms with E-state index < -0.39 is 17.9 Å². The molecule has 0 fully saturated rings. The van der Waals surface area contributed by atoms with Gasteiger partial charge in [-0.2, -0.15) is 0 Å². The first kappa shape index (κ1) is 15.5. The summed E-state index contributed by atoms with van der Waals surface area (Å²) in [6, 6.07) is 3.56. The van der Waals surface area contributed by atoms with E-state index in [0.717, 1.165) is 11.1 Å². The highest BCUT2D eigenvalue weighted by Gasteiger charge is 2.16. The molecule has 6 heteroatoms. The van der Waals surface area contributed by atoms with E-state index in [2.05, 4.69) is 10.6 Å². The molecule has 0 saturated carbocycles. The highest BCUT2D eigenvalue weighted by Crippen LogP contribution is 2.27. The maximum Gasteiger partial charge on any atom is 0.313 e. The Bertz CT molecular complexity index is 478. The van der Waals surface area contributed by atoms with Gasteiger partial charge in [0.15, 0.2) is 0 Å². The number of hydrogen-bond acceptors (Lipinski definition) is 3. The normalized spacial score (nSPS) is 11.8. The molecule has 3 N–H and O–H groups in total. The molecule has 2 amide bonds. The fourth-order valence-electron chi connectivity index (χ4n) is 1.57. The number of anilines is 1. The smallest absolute Gasteiger partial charge is 0.313 e. The van der Waals surface area contributed by atoms with Gasteiger partial charge in [0.2, 0.25) is 0 Å². The SMILES string of the molecule is Cc1cc(C)c(NC(=O)C(=O)NCC(C)O)c(Cl)c1. The summed E-state index contributed by atoms with van der Waals surface area (Å²) in [6.07, 6.45) is -0.707. The average Bonchev–Trinajstić information content (AvgIpc) is 2.30. The molecule has 1 aromatic rings. The number of nitrogens with one attached hydrogen (secondary N) is 2. The van der Waals surface area contributed by atoms with Crippen LogP contribution in [0.1, 0.15) is 18.1 Å². The Morgan fingerprint density at radius 1 is 1.32 bits per heavy atom. The lowest BCUT2D eigenvalue weighted by Gasteiger charge is -2.12. The van der Waals surface area contributed by atoms with Gasteiger partial charge in [-0.05, 0) is 38.0 Å². The van der Waals surface area contributed by atoms with E-state index in [4.69, 9.17) is 16.7 Å². The van der Waals surface area contributed by atoms with Crippen molar-refractivity contribution in [3.8, 4) is 0 Å². The van der Waals surface area contributed by atoms with Gasteiger partial charge in [-0.15, -0.1) is 0 Å². The lowest BCUT2D eigenvalue weighted by atomic mass is 10.1. The van der Waals surface area contributed by atoms with Crippen molar-refractivity contribution in [3.05, 3.63) is 28.3 Å². The Morgan fingerprint density at radius 3 is 2.47 bits per heavy atom. The molecule has 0 heterocycles. The lowest BCUT2D eigenvalue weighted by molar-refractivity contribution is -0.136. The molecular weight excluding hydrogens is 268 g/mol. The van der Waals surface area contributed by atoms with Crippen molar-refractivity contribution in [1.29, 1.82) is 0 Å². The average molecular weight is 285 g/mol. The van der Waals surface area contributed by atoms with Gasteiger partial charge in [-0.3, -0.25) is 9.59 Å². The van der Waals surface area contributed by atoms with Gasteiger partial charge in [-0.25, -0.2) is 0 Å². The first-order chi connectivity index (χ1) is 8.81. The minimum atomic E-state index is -0.811. The van der Waals surface area contributed by atoms with Gasteiger partial charge in [0.05, 0.1) is 16.8 Å². The Hall–Kier alpha value is -1.59. The highest BCUT2D eigenvalue weighted by atomic mass is 35.5. The van der Waals surface area contributed by atoms with E-state index in [-0.39, 0.29) is 6.54 Å². The van der Waals surface area contributed by atoms with Crippen LogP contribution >= 0.6 is 11.6 Å². The summed E-state index contributed by atoms with van der Waals surface area (Å²) in [5.41, 5.74) is 2.17. The van der Waals surface area contributed by atoms with Gasteiger partial charge in [0.1, 0.15) is 0 Å². The van der Waals surface area contributed by atoms with Gasteiger partial charge >= 0.3 is 11.8 Å². The number of aryl methyl sites for hydroxylation is 2. The standard InChI is InChI=1S/C13H17ClN2O3/c1-7-4-8(2)11(10(14)5-7)16-13(19)12(18)15-6-9(3)17/h4-5,9,17H,6H2,1-3H3,(H,15,18)(H,16,19). The quantitative estimate of drug-likeness (QED) is 0.734. The summed E-state index contributed by atoms with van der Waals surface area (Å²) >= 11 is 6.02. The third kappa shape index (κ3) is 4.54. The minimum absolute atomic E-state index is 0.0207. The highest BCUT2D eigenvalue weighted by molar-refractivity contribution is 6.41. The fourth-order valence-corrected chi connectivity index (χ4v) is 1.93. The molecule has 19 heavy (non-hydrogen) atoms. The van der Waals surface area contributed by atoms with Gasteiger partial charge in [0, 0.05) is 6.54 Å². The zero-order valence-corrected chi connectivity index (χ0v) is 11.8. The van der Waals surface area contributed by atoms with E-state index >= 15 is 0 Å². The summed E-state index contributed by atoms with van der Waals surface area (Å²) in [6.45, 7) is 5.22. The van der Waals surface area contributed by atoms with E-state index in [9.17, 15) is 9.59 Å². The summed E-state index contributed by atoms with van der Waals surface area (Å²) in [7, 11) is 0. The van der Waals surface area contributed by atoms with E-state index in [0.29, 0.717) is 10.7 Å². The molecule has 0 saturated heterocycles. The maximum atomic E-state index is 11.7. The first-order valence-electron chi connectivity index (χ1n) is 5.85. The summed E-state index contributed by atoms with van der Waals surface area (Å²) < 4.78 is 0. The number of carbonyl (C=O) groups excluding carboxylic acids is 2. The number of carbonyl (C=O) groups is 2. The van der Waals surface area contributed by atoms with Crippen LogP contribution in [0.4, 0.5) is 5.69 Å². The summed E-state index contributed by atoms with van der Waals surface area (Å²) in [5, 5.41) is 14.2. The molecular formula is C13H17ClN2O3. The largest absolute Gasteiger partial charge is 0.392 e. The van der Waals surface area contributed by atoms with Crippen LogP contribution < -0.4 is 10.6 Å². The molecule has 0 radical (unpaired) electrons.